The van der Waals surface area contributed by atoms with E-state index in [0.717, 1.165) is 25.3 Å². The molecule has 1 aromatic carbocycles. The van der Waals surface area contributed by atoms with Crippen LogP contribution in [0.15, 0.2) is 25.6 Å². The van der Waals surface area contributed by atoms with E-state index < -0.39 is 0 Å². The molecule has 1 N–H and O–H groups in total. The Kier molecular flexibility index (Phi) is 5.18. The number of benzene rings is 1. The molecule has 0 aliphatic heterocycles. The van der Waals surface area contributed by atoms with E-state index >= 15 is 0 Å². The quantitative estimate of drug-likeness (QED) is 0.577. The third kappa shape index (κ3) is 3.31. The van der Waals surface area contributed by atoms with Crippen molar-refractivity contribution in [3.63, 3.8) is 0 Å². The third-order valence-corrected chi connectivity index (χ3v) is 5.57. The Bertz CT molecular complexity index is 400. The maximum Gasteiger partial charge on any atom is 0.0632 e. The lowest BCUT2D eigenvalue weighted by Crippen LogP contribution is -2.37. The first-order chi connectivity index (χ1) is 8.49. The molecule has 1 aliphatic carbocycles. The molecule has 18 heavy (non-hydrogen) atoms. The second-order valence-electron chi connectivity index (χ2n) is 5.30. The molecule has 1 saturated carbocycles. The summed E-state index contributed by atoms with van der Waals surface area (Å²) in [5, 5.41) is 3.73. The fraction of sp³-hybridized carbons (Fsp3) is 0.571. The SMILES string of the molecule is CC1CCCC(C)C1Nc1c(Br)cc(Br)cc1Br. The van der Waals surface area contributed by atoms with Gasteiger partial charge in [0.1, 0.15) is 0 Å². The van der Waals surface area contributed by atoms with Gasteiger partial charge in [0.2, 0.25) is 0 Å². The molecule has 1 nitrogen and oxygen atoms in total. The lowest BCUT2D eigenvalue weighted by molar-refractivity contribution is 0.268. The molecule has 0 spiro atoms. The Labute approximate surface area is 134 Å². The molecule has 4 heteroatoms. The highest BCUT2D eigenvalue weighted by Crippen LogP contribution is 2.38. The maximum atomic E-state index is 3.73. The Morgan fingerprint density at radius 3 is 2.00 bits per heavy atom. The van der Waals surface area contributed by atoms with Gasteiger partial charge in [0.15, 0.2) is 0 Å². The van der Waals surface area contributed by atoms with Crippen molar-refractivity contribution in [2.24, 2.45) is 11.8 Å². The van der Waals surface area contributed by atoms with Gasteiger partial charge in [-0.1, -0.05) is 36.2 Å². The largest absolute Gasteiger partial charge is 0.380 e. The highest BCUT2D eigenvalue weighted by Gasteiger charge is 2.28. The summed E-state index contributed by atoms with van der Waals surface area (Å²) in [6, 6.07) is 4.74. The highest BCUT2D eigenvalue weighted by atomic mass is 79.9. The van der Waals surface area contributed by atoms with Gasteiger partial charge in [-0.15, -0.1) is 0 Å². The zero-order valence-electron chi connectivity index (χ0n) is 10.6. The lowest BCUT2D eigenvalue weighted by Gasteiger charge is -2.36. The number of anilines is 1. The molecule has 1 aromatic rings. The number of rotatable bonds is 2. The van der Waals surface area contributed by atoms with Crippen molar-refractivity contribution in [1.82, 2.24) is 0 Å². The summed E-state index contributed by atoms with van der Waals surface area (Å²) in [5.41, 5.74) is 1.17. The molecule has 0 heterocycles. The van der Waals surface area contributed by atoms with Crippen LogP contribution in [0.3, 0.4) is 0 Å². The van der Waals surface area contributed by atoms with Crippen LogP contribution in [0.2, 0.25) is 0 Å². The molecule has 0 bridgehead atoms. The van der Waals surface area contributed by atoms with Crippen LogP contribution in [0, 0.1) is 11.8 Å². The lowest BCUT2D eigenvalue weighted by atomic mass is 9.78. The van der Waals surface area contributed by atoms with Crippen LogP contribution >= 0.6 is 47.8 Å². The Hall–Kier alpha value is 0.460. The third-order valence-electron chi connectivity index (χ3n) is 3.86. The van der Waals surface area contributed by atoms with E-state index in [-0.39, 0.29) is 0 Å². The summed E-state index contributed by atoms with van der Waals surface area (Å²) < 4.78 is 3.29. The van der Waals surface area contributed by atoms with Crippen molar-refractivity contribution < 1.29 is 0 Å². The maximum absolute atomic E-state index is 3.73. The van der Waals surface area contributed by atoms with Crippen molar-refractivity contribution in [3.8, 4) is 0 Å². The van der Waals surface area contributed by atoms with Crippen molar-refractivity contribution in [2.45, 2.75) is 39.2 Å². The van der Waals surface area contributed by atoms with Crippen LogP contribution < -0.4 is 5.32 Å². The van der Waals surface area contributed by atoms with Gasteiger partial charge in [-0.25, -0.2) is 0 Å². The predicted molar refractivity (Wildman–Crippen MR) is 89.1 cm³/mol. The van der Waals surface area contributed by atoms with Gasteiger partial charge in [-0.3, -0.25) is 0 Å². The summed E-state index contributed by atoms with van der Waals surface area (Å²) in [6.45, 7) is 4.71. The molecule has 0 saturated heterocycles. The van der Waals surface area contributed by atoms with E-state index in [2.05, 4.69) is 79.1 Å². The average molecular weight is 440 g/mol. The van der Waals surface area contributed by atoms with Crippen molar-refractivity contribution in [3.05, 3.63) is 25.6 Å². The predicted octanol–water partition coefficient (Wildman–Crippen LogP) is 6.21. The van der Waals surface area contributed by atoms with Crippen LogP contribution in [0.4, 0.5) is 5.69 Å². The van der Waals surface area contributed by atoms with Gasteiger partial charge in [0.25, 0.3) is 0 Å². The molecule has 2 unspecified atom stereocenters. The standard InChI is InChI=1S/C14H18Br3N/c1-8-4-3-5-9(2)13(8)18-14-11(16)6-10(15)7-12(14)17/h6-9,13,18H,3-5H2,1-2H3. The zero-order valence-corrected chi connectivity index (χ0v) is 15.4. The first kappa shape index (κ1) is 14.9. The van der Waals surface area contributed by atoms with Gasteiger partial charge < -0.3 is 5.32 Å². The van der Waals surface area contributed by atoms with Crippen molar-refractivity contribution in [2.75, 3.05) is 5.32 Å². The first-order valence-electron chi connectivity index (χ1n) is 6.40. The smallest absolute Gasteiger partial charge is 0.0632 e. The molecule has 0 radical (unpaired) electrons. The molecule has 2 atom stereocenters. The summed E-state index contributed by atoms with van der Waals surface area (Å²) in [6.07, 6.45) is 4.02. The minimum Gasteiger partial charge on any atom is -0.380 e. The number of hydrogen-bond acceptors (Lipinski definition) is 1. The number of nitrogens with one attached hydrogen (secondary N) is 1. The van der Waals surface area contributed by atoms with E-state index in [4.69, 9.17) is 0 Å². The monoisotopic (exact) mass is 437 g/mol. The second kappa shape index (κ2) is 6.27. The van der Waals surface area contributed by atoms with Crippen LogP contribution in [0.25, 0.3) is 0 Å². The van der Waals surface area contributed by atoms with Crippen molar-refractivity contribution >= 4 is 53.5 Å². The number of halogens is 3. The minimum atomic E-state index is 0.563. The Balaban J connectivity index is 2.23. The molecule has 1 aliphatic rings. The second-order valence-corrected chi connectivity index (χ2v) is 7.92. The fourth-order valence-corrected chi connectivity index (χ4v) is 5.30. The van der Waals surface area contributed by atoms with E-state index in [1.165, 1.54) is 24.9 Å². The summed E-state index contributed by atoms with van der Waals surface area (Å²) in [5.74, 6) is 1.47. The van der Waals surface area contributed by atoms with Gasteiger partial charge in [0, 0.05) is 19.5 Å². The molecule has 100 valence electrons. The van der Waals surface area contributed by atoms with Gasteiger partial charge in [-0.2, -0.15) is 0 Å². The number of hydrogen-bond donors (Lipinski definition) is 1. The Morgan fingerprint density at radius 2 is 1.50 bits per heavy atom. The first-order valence-corrected chi connectivity index (χ1v) is 8.78. The van der Waals surface area contributed by atoms with E-state index in [1.807, 2.05) is 0 Å². The fourth-order valence-electron chi connectivity index (χ4n) is 2.81. The van der Waals surface area contributed by atoms with Crippen LogP contribution in [-0.4, -0.2) is 6.04 Å². The molecule has 0 amide bonds. The summed E-state index contributed by atoms with van der Waals surface area (Å²) in [7, 11) is 0. The van der Waals surface area contributed by atoms with Crippen LogP contribution in [-0.2, 0) is 0 Å². The topological polar surface area (TPSA) is 12.0 Å². The normalized spacial score (nSPS) is 28.2. The van der Waals surface area contributed by atoms with Crippen LogP contribution in [0.5, 0.6) is 0 Å². The zero-order chi connectivity index (χ0) is 13.3. The molecular formula is C14H18Br3N. The summed E-state index contributed by atoms with van der Waals surface area (Å²) in [4.78, 5) is 0. The minimum absolute atomic E-state index is 0.563. The van der Waals surface area contributed by atoms with Gasteiger partial charge >= 0.3 is 0 Å². The van der Waals surface area contributed by atoms with E-state index in [9.17, 15) is 0 Å². The van der Waals surface area contributed by atoms with Crippen LogP contribution in [0.1, 0.15) is 33.1 Å². The molecular weight excluding hydrogens is 422 g/mol. The average Bonchev–Trinajstić information content (AvgIpc) is 2.26. The molecule has 1 fully saturated rings. The highest BCUT2D eigenvalue weighted by molar-refractivity contribution is 9.11. The molecule has 2 rings (SSSR count). The van der Waals surface area contributed by atoms with E-state index in [1.54, 1.807) is 0 Å². The van der Waals surface area contributed by atoms with Gasteiger partial charge in [-0.05, 0) is 68.7 Å². The Morgan fingerprint density at radius 1 is 1.00 bits per heavy atom. The van der Waals surface area contributed by atoms with E-state index in [0.29, 0.717) is 6.04 Å². The summed E-state index contributed by atoms with van der Waals surface area (Å²) >= 11 is 10.8. The molecule has 0 aromatic heterocycles. The van der Waals surface area contributed by atoms with Crippen molar-refractivity contribution in [1.29, 1.82) is 0 Å². The van der Waals surface area contributed by atoms with Gasteiger partial charge in [0.05, 0.1) is 5.69 Å².